The van der Waals surface area contributed by atoms with E-state index >= 15 is 0 Å². The molecule has 5 unspecified atom stereocenters. The van der Waals surface area contributed by atoms with E-state index in [4.69, 9.17) is 0 Å². The molecule has 100 valence electrons. The molecule has 2 bridgehead atoms. The maximum absolute atomic E-state index is 12.2. The van der Waals surface area contributed by atoms with Crippen LogP contribution in [0.4, 0.5) is 0 Å². The SMILES string of the molecule is O=C(NCC1CCCCC1O)C1CC2C=CC1C2. The fourth-order valence-corrected chi connectivity index (χ4v) is 3.87. The van der Waals surface area contributed by atoms with E-state index in [1.807, 2.05) is 0 Å². The zero-order chi connectivity index (χ0) is 12.5. The average Bonchev–Trinajstić information content (AvgIpc) is 2.99. The average molecular weight is 249 g/mol. The van der Waals surface area contributed by atoms with Crippen LogP contribution in [0.3, 0.4) is 0 Å². The van der Waals surface area contributed by atoms with E-state index < -0.39 is 0 Å². The lowest BCUT2D eigenvalue weighted by Crippen LogP contribution is -2.40. The number of hydrogen-bond donors (Lipinski definition) is 2. The summed E-state index contributed by atoms with van der Waals surface area (Å²) in [4.78, 5) is 12.2. The summed E-state index contributed by atoms with van der Waals surface area (Å²) in [7, 11) is 0. The Balaban J connectivity index is 1.48. The van der Waals surface area contributed by atoms with Crippen molar-refractivity contribution in [2.24, 2.45) is 23.7 Å². The van der Waals surface area contributed by atoms with Crippen LogP contribution in [0.2, 0.25) is 0 Å². The number of aliphatic hydroxyl groups is 1. The molecule has 2 saturated carbocycles. The number of allylic oxidation sites excluding steroid dienone is 2. The van der Waals surface area contributed by atoms with Crippen molar-refractivity contribution < 1.29 is 9.90 Å². The smallest absolute Gasteiger partial charge is 0.223 e. The van der Waals surface area contributed by atoms with Crippen molar-refractivity contribution in [3.05, 3.63) is 12.2 Å². The number of carbonyl (C=O) groups is 1. The number of rotatable bonds is 3. The summed E-state index contributed by atoms with van der Waals surface area (Å²) in [6.45, 7) is 0.664. The molecule has 0 spiro atoms. The second kappa shape index (κ2) is 5.04. The first-order valence-corrected chi connectivity index (χ1v) is 7.38. The lowest BCUT2D eigenvalue weighted by atomic mass is 9.86. The molecule has 0 radical (unpaired) electrons. The summed E-state index contributed by atoms with van der Waals surface area (Å²) >= 11 is 0. The summed E-state index contributed by atoms with van der Waals surface area (Å²) in [5.74, 6) is 1.81. The third kappa shape index (κ3) is 2.33. The predicted molar refractivity (Wildman–Crippen MR) is 69.8 cm³/mol. The van der Waals surface area contributed by atoms with E-state index in [-0.39, 0.29) is 23.8 Å². The molecule has 0 aromatic heterocycles. The van der Waals surface area contributed by atoms with Crippen LogP contribution in [0, 0.1) is 23.7 Å². The Hall–Kier alpha value is -0.830. The van der Waals surface area contributed by atoms with Gasteiger partial charge in [0.2, 0.25) is 5.91 Å². The molecule has 3 rings (SSSR count). The largest absolute Gasteiger partial charge is 0.393 e. The molecule has 18 heavy (non-hydrogen) atoms. The Morgan fingerprint density at radius 2 is 2.06 bits per heavy atom. The molecule has 2 N–H and O–H groups in total. The second-order valence-electron chi connectivity index (χ2n) is 6.24. The Bertz CT molecular complexity index is 352. The number of carbonyl (C=O) groups excluding carboxylic acids is 1. The summed E-state index contributed by atoms with van der Waals surface area (Å²) in [6, 6.07) is 0. The zero-order valence-corrected chi connectivity index (χ0v) is 10.8. The van der Waals surface area contributed by atoms with Crippen molar-refractivity contribution in [3.63, 3.8) is 0 Å². The quantitative estimate of drug-likeness (QED) is 0.750. The normalized spacial score (nSPS) is 42.2. The van der Waals surface area contributed by atoms with E-state index in [0.717, 1.165) is 25.7 Å². The van der Waals surface area contributed by atoms with E-state index in [1.54, 1.807) is 0 Å². The first-order chi connectivity index (χ1) is 8.74. The van der Waals surface area contributed by atoms with Crippen LogP contribution < -0.4 is 5.32 Å². The molecule has 3 heteroatoms. The molecular weight excluding hydrogens is 226 g/mol. The highest BCUT2D eigenvalue weighted by Gasteiger charge is 2.39. The molecule has 3 aliphatic rings. The highest BCUT2D eigenvalue weighted by atomic mass is 16.3. The first-order valence-electron chi connectivity index (χ1n) is 7.38. The van der Waals surface area contributed by atoms with Gasteiger partial charge in [-0.1, -0.05) is 25.0 Å². The van der Waals surface area contributed by atoms with Gasteiger partial charge in [-0.2, -0.15) is 0 Å². The molecule has 2 fully saturated rings. The molecular formula is C15H23NO2. The summed E-state index contributed by atoms with van der Waals surface area (Å²) in [6.07, 6.45) is 10.7. The zero-order valence-electron chi connectivity index (χ0n) is 10.8. The van der Waals surface area contributed by atoms with Gasteiger partial charge in [-0.3, -0.25) is 4.79 Å². The van der Waals surface area contributed by atoms with Crippen molar-refractivity contribution in [3.8, 4) is 0 Å². The minimum absolute atomic E-state index is 0.195. The van der Waals surface area contributed by atoms with Crippen LogP contribution in [0.5, 0.6) is 0 Å². The van der Waals surface area contributed by atoms with Gasteiger partial charge in [0, 0.05) is 18.4 Å². The number of nitrogens with one attached hydrogen (secondary N) is 1. The molecule has 0 aliphatic heterocycles. The van der Waals surface area contributed by atoms with E-state index in [1.165, 1.54) is 12.8 Å². The van der Waals surface area contributed by atoms with E-state index in [9.17, 15) is 9.90 Å². The van der Waals surface area contributed by atoms with Crippen LogP contribution in [0.1, 0.15) is 38.5 Å². The van der Waals surface area contributed by atoms with Gasteiger partial charge >= 0.3 is 0 Å². The molecule has 3 aliphatic carbocycles. The van der Waals surface area contributed by atoms with Crippen LogP contribution in [-0.4, -0.2) is 23.7 Å². The predicted octanol–water partition coefficient (Wildman–Crippen LogP) is 1.87. The van der Waals surface area contributed by atoms with Crippen LogP contribution in [0.25, 0.3) is 0 Å². The van der Waals surface area contributed by atoms with Gasteiger partial charge in [0.25, 0.3) is 0 Å². The molecule has 0 aromatic rings. The number of amides is 1. The molecule has 5 atom stereocenters. The number of fused-ring (bicyclic) bond motifs is 2. The molecule has 0 saturated heterocycles. The van der Waals surface area contributed by atoms with Crippen molar-refractivity contribution in [1.29, 1.82) is 0 Å². The number of hydrogen-bond acceptors (Lipinski definition) is 2. The summed E-state index contributed by atoms with van der Waals surface area (Å²) in [5, 5.41) is 13.0. The van der Waals surface area contributed by atoms with Crippen molar-refractivity contribution in [2.45, 2.75) is 44.6 Å². The number of aliphatic hydroxyl groups excluding tert-OH is 1. The summed E-state index contributed by atoms with van der Waals surface area (Å²) in [5.41, 5.74) is 0. The van der Waals surface area contributed by atoms with E-state index in [0.29, 0.717) is 18.4 Å². The highest BCUT2D eigenvalue weighted by Crippen LogP contribution is 2.43. The van der Waals surface area contributed by atoms with Gasteiger partial charge in [-0.25, -0.2) is 0 Å². The highest BCUT2D eigenvalue weighted by molar-refractivity contribution is 5.80. The Morgan fingerprint density at radius 3 is 2.72 bits per heavy atom. The van der Waals surface area contributed by atoms with Crippen LogP contribution in [0.15, 0.2) is 12.2 Å². The van der Waals surface area contributed by atoms with Gasteiger partial charge in [0.1, 0.15) is 0 Å². The fourth-order valence-electron chi connectivity index (χ4n) is 3.87. The standard InChI is InChI=1S/C15H23NO2/c17-14-4-2-1-3-12(14)9-16-15(18)13-8-10-5-6-11(13)7-10/h5-6,10-14,17H,1-4,7-9H2,(H,16,18). The molecule has 0 heterocycles. The second-order valence-corrected chi connectivity index (χ2v) is 6.24. The van der Waals surface area contributed by atoms with Gasteiger partial charge in [-0.05, 0) is 37.5 Å². The van der Waals surface area contributed by atoms with Crippen molar-refractivity contribution in [1.82, 2.24) is 5.32 Å². The van der Waals surface area contributed by atoms with Gasteiger partial charge in [0.15, 0.2) is 0 Å². The first kappa shape index (κ1) is 12.2. The molecule has 0 aromatic carbocycles. The third-order valence-electron chi connectivity index (χ3n) is 5.02. The van der Waals surface area contributed by atoms with Crippen molar-refractivity contribution in [2.75, 3.05) is 6.54 Å². The lowest BCUT2D eigenvalue weighted by Gasteiger charge is -2.28. The maximum Gasteiger partial charge on any atom is 0.223 e. The maximum atomic E-state index is 12.2. The Labute approximate surface area is 109 Å². The third-order valence-corrected chi connectivity index (χ3v) is 5.02. The summed E-state index contributed by atoms with van der Waals surface area (Å²) < 4.78 is 0. The van der Waals surface area contributed by atoms with E-state index in [2.05, 4.69) is 17.5 Å². The molecule has 3 nitrogen and oxygen atoms in total. The van der Waals surface area contributed by atoms with Gasteiger partial charge in [-0.15, -0.1) is 0 Å². The lowest BCUT2D eigenvalue weighted by molar-refractivity contribution is -0.126. The topological polar surface area (TPSA) is 49.3 Å². The van der Waals surface area contributed by atoms with Gasteiger partial charge < -0.3 is 10.4 Å². The fraction of sp³-hybridized carbons (Fsp3) is 0.800. The van der Waals surface area contributed by atoms with Crippen LogP contribution >= 0.6 is 0 Å². The monoisotopic (exact) mass is 249 g/mol. The minimum Gasteiger partial charge on any atom is -0.393 e. The van der Waals surface area contributed by atoms with Gasteiger partial charge in [0.05, 0.1) is 6.10 Å². The van der Waals surface area contributed by atoms with Crippen LogP contribution in [-0.2, 0) is 4.79 Å². The Kier molecular flexibility index (Phi) is 3.42. The Morgan fingerprint density at radius 1 is 1.22 bits per heavy atom. The van der Waals surface area contributed by atoms with Crippen molar-refractivity contribution >= 4 is 5.91 Å². The minimum atomic E-state index is -0.209. The molecule has 1 amide bonds.